The van der Waals surface area contributed by atoms with E-state index in [-0.39, 0.29) is 31.1 Å². The second-order valence-electron chi connectivity index (χ2n) is 5.81. The van der Waals surface area contributed by atoms with Gasteiger partial charge in [-0.05, 0) is 38.5 Å². The first-order valence-electron chi connectivity index (χ1n) is 7.82. The molecule has 0 spiro atoms. The van der Waals surface area contributed by atoms with E-state index in [1.807, 2.05) is 39.0 Å². The summed E-state index contributed by atoms with van der Waals surface area (Å²) in [6, 6.07) is 4.91. The summed E-state index contributed by atoms with van der Waals surface area (Å²) < 4.78 is 11.0. The molecule has 0 bridgehead atoms. The van der Waals surface area contributed by atoms with Crippen molar-refractivity contribution in [2.45, 2.75) is 39.3 Å². The standard InChI is InChI=1S/C17H26N2O5/c1-11(2)24-14-7-6-13(10-15(14)23-5)12(3)18-17(22)19(4)9-8-16(20)21/h6-7,10-12H,8-9H2,1-5H3,(H,18,22)(H,20,21). The number of hydrogen-bond acceptors (Lipinski definition) is 4. The maximum absolute atomic E-state index is 12.1. The van der Waals surface area contributed by atoms with Gasteiger partial charge in [-0.15, -0.1) is 0 Å². The van der Waals surface area contributed by atoms with E-state index in [9.17, 15) is 9.59 Å². The molecular formula is C17H26N2O5. The van der Waals surface area contributed by atoms with Crippen LogP contribution in [0.15, 0.2) is 18.2 Å². The minimum atomic E-state index is -0.937. The van der Waals surface area contributed by atoms with Gasteiger partial charge >= 0.3 is 12.0 Å². The molecule has 0 fully saturated rings. The third kappa shape index (κ3) is 5.98. The lowest BCUT2D eigenvalue weighted by Gasteiger charge is -2.22. The highest BCUT2D eigenvalue weighted by Crippen LogP contribution is 2.31. The molecule has 7 heteroatoms. The van der Waals surface area contributed by atoms with Gasteiger partial charge in [-0.3, -0.25) is 4.79 Å². The van der Waals surface area contributed by atoms with Gasteiger partial charge in [0.2, 0.25) is 0 Å². The third-order valence-corrected chi connectivity index (χ3v) is 3.40. The Morgan fingerprint density at radius 3 is 2.46 bits per heavy atom. The van der Waals surface area contributed by atoms with Crippen LogP contribution in [0.1, 0.15) is 38.8 Å². The fourth-order valence-electron chi connectivity index (χ4n) is 2.05. The van der Waals surface area contributed by atoms with Gasteiger partial charge in [0.15, 0.2) is 11.5 Å². The Bertz CT molecular complexity index is 574. The van der Waals surface area contributed by atoms with Crippen molar-refractivity contribution in [1.82, 2.24) is 10.2 Å². The van der Waals surface area contributed by atoms with E-state index >= 15 is 0 Å². The van der Waals surface area contributed by atoms with Gasteiger partial charge in [-0.2, -0.15) is 0 Å². The van der Waals surface area contributed by atoms with E-state index in [1.165, 1.54) is 4.90 Å². The zero-order chi connectivity index (χ0) is 18.3. The van der Waals surface area contributed by atoms with Crippen molar-refractivity contribution in [3.63, 3.8) is 0 Å². The van der Waals surface area contributed by atoms with Crippen molar-refractivity contribution in [2.75, 3.05) is 20.7 Å². The van der Waals surface area contributed by atoms with Crippen LogP contribution >= 0.6 is 0 Å². The molecule has 0 aliphatic carbocycles. The lowest BCUT2D eigenvalue weighted by Crippen LogP contribution is -2.39. The second kappa shape index (κ2) is 9.00. The molecule has 2 N–H and O–H groups in total. The number of methoxy groups -OCH3 is 1. The Morgan fingerprint density at radius 1 is 1.25 bits per heavy atom. The molecule has 0 heterocycles. The number of hydrogen-bond donors (Lipinski definition) is 2. The third-order valence-electron chi connectivity index (χ3n) is 3.40. The quantitative estimate of drug-likeness (QED) is 0.761. The van der Waals surface area contributed by atoms with Gasteiger partial charge in [0, 0.05) is 13.6 Å². The molecule has 0 aromatic heterocycles. The summed E-state index contributed by atoms with van der Waals surface area (Å²) in [5.74, 6) is 0.308. The molecule has 0 saturated heterocycles. The van der Waals surface area contributed by atoms with E-state index in [0.717, 1.165) is 5.56 Å². The van der Waals surface area contributed by atoms with Crippen LogP contribution in [0.25, 0.3) is 0 Å². The number of benzene rings is 1. The van der Waals surface area contributed by atoms with Crippen molar-refractivity contribution < 1.29 is 24.2 Å². The Kier molecular flexibility index (Phi) is 7.35. The molecule has 0 radical (unpaired) electrons. The van der Waals surface area contributed by atoms with Crippen LogP contribution in [0, 0.1) is 0 Å². The number of carboxylic acid groups (broad SMARTS) is 1. The smallest absolute Gasteiger partial charge is 0.317 e. The number of carboxylic acids is 1. The van der Waals surface area contributed by atoms with Crippen molar-refractivity contribution in [3.05, 3.63) is 23.8 Å². The van der Waals surface area contributed by atoms with E-state index in [1.54, 1.807) is 14.2 Å². The van der Waals surface area contributed by atoms with Crippen LogP contribution in [0.3, 0.4) is 0 Å². The number of carbonyl (C=O) groups is 2. The molecule has 1 atom stereocenters. The number of urea groups is 1. The van der Waals surface area contributed by atoms with Gasteiger partial charge in [0.1, 0.15) is 0 Å². The van der Waals surface area contributed by atoms with Crippen LogP contribution in [0.4, 0.5) is 4.79 Å². The van der Waals surface area contributed by atoms with Gasteiger partial charge in [0.05, 0.1) is 25.7 Å². The van der Waals surface area contributed by atoms with Gasteiger partial charge in [-0.25, -0.2) is 4.79 Å². The summed E-state index contributed by atoms with van der Waals surface area (Å²) >= 11 is 0. The van der Waals surface area contributed by atoms with Gasteiger partial charge in [0.25, 0.3) is 0 Å². The zero-order valence-corrected chi connectivity index (χ0v) is 14.8. The summed E-state index contributed by atoms with van der Waals surface area (Å²) in [6.45, 7) is 5.87. The molecule has 1 aromatic rings. The van der Waals surface area contributed by atoms with Gasteiger partial charge < -0.3 is 24.8 Å². The zero-order valence-electron chi connectivity index (χ0n) is 14.8. The summed E-state index contributed by atoms with van der Waals surface area (Å²) in [5, 5.41) is 11.5. The average Bonchev–Trinajstić information content (AvgIpc) is 2.52. The van der Waals surface area contributed by atoms with Crippen LogP contribution in [0.2, 0.25) is 0 Å². The normalized spacial score (nSPS) is 11.8. The van der Waals surface area contributed by atoms with Crippen molar-refractivity contribution >= 4 is 12.0 Å². The molecule has 1 rings (SSSR count). The van der Waals surface area contributed by atoms with Crippen molar-refractivity contribution in [2.24, 2.45) is 0 Å². The number of nitrogens with zero attached hydrogens (tertiary/aromatic N) is 1. The Morgan fingerprint density at radius 2 is 1.92 bits per heavy atom. The first kappa shape index (κ1) is 19.6. The molecule has 0 saturated carbocycles. The lowest BCUT2D eigenvalue weighted by molar-refractivity contribution is -0.137. The number of amides is 2. The number of carbonyl (C=O) groups excluding carboxylic acids is 1. The summed E-state index contributed by atoms with van der Waals surface area (Å²) in [4.78, 5) is 24.0. The maximum atomic E-state index is 12.1. The molecule has 0 aliphatic heterocycles. The first-order chi connectivity index (χ1) is 11.2. The molecular weight excluding hydrogens is 312 g/mol. The van der Waals surface area contributed by atoms with Crippen LogP contribution in [-0.2, 0) is 4.79 Å². The largest absolute Gasteiger partial charge is 0.493 e. The first-order valence-corrected chi connectivity index (χ1v) is 7.82. The SMILES string of the molecule is COc1cc(C(C)NC(=O)N(C)CCC(=O)O)ccc1OC(C)C. The van der Waals surface area contributed by atoms with Crippen LogP contribution in [-0.4, -0.2) is 48.8 Å². The van der Waals surface area contributed by atoms with E-state index in [0.29, 0.717) is 11.5 Å². The molecule has 1 aromatic carbocycles. The van der Waals surface area contributed by atoms with E-state index in [4.69, 9.17) is 14.6 Å². The Labute approximate surface area is 142 Å². The van der Waals surface area contributed by atoms with E-state index < -0.39 is 5.97 Å². The highest BCUT2D eigenvalue weighted by atomic mass is 16.5. The Balaban J connectivity index is 2.75. The number of nitrogens with one attached hydrogen (secondary N) is 1. The highest BCUT2D eigenvalue weighted by molar-refractivity contribution is 5.75. The number of ether oxygens (including phenoxy) is 2. The molecule has 0 aliphatic rings. The number of rotatable bonds is 8. The average molecular weight is 338 g/mol. The Hall–Kier alpha value is -2.44. The fourth-order valence-corrected chi connectivity index (χ4v) is 2.05. The summed E-state index contributed by atoms with van der Waals surface area (Å²) in [6.07, 6.45) is -0.0577. The summed E-state index contributed by atoms with van der Waals surface area (Å²) in [5.41, 5.74) is 0.864. The molecule has 2 amide bonds. The molecule has 24 heavy (non-hydrogen) atoms. The van der Waals surface area contributed by atoms with Crippen molar-refractivity contribution in [3.8, 4) is 11.5 Å². The lowest BCUT2D eigenvalue weighted by atomic mass is 10.1. The number of aliphatic carboxylic acids is 1. The van der Waals surface area contributed by atoms with Crippen molar-refractivity contribution in [1.29, 1.82) is 0 Å². The van der Waals surface area contributed by atoms with Crippen LogP contribution in [0.5, 0.6) is 11.5 Å². The van der Waals surface area contributed by atoms with Gasteiger partial charge in [-0.1, -0.05) is 6.07 Å². The van der Waals surface area contributed by atoms with Crippen LogP contribution < -0.4 is 14.8 Å². The monoisotopic (exact) mass is 338 g/mol. The second-order valence-corrected chi connectivity index (χ2v) is 5.81. The fraction of sp³-hybridized carbons (Fsp3) is 0.529. The van der Waals surface area contributed by atoms with E-state index in [2.05, 4.69) is 5.32 Å². The molecule has 7 nitrogen and oxygen atoms in total. The highest BCUT2D eigenvalue weighted by Gasteiger charge is 2.16. The molecule has 1 unspecified atom stereocenters. The maximum Gasteiger partial charge on any atom is 0.317 e. The summed E-state index contributed by atoms with van der Waals surface area (Å²) in [7, 11) is 3.13. The minimum Gasteiger partial charge on any atom is -0.493 e. The predicted octanol–water partition coefficient (Wildman–Crippen LogP) is 2.66. The topological polar surface area (TPSA) is 88.1 Å². The minimum absolute atomic E-state index is 0.0322. The molecule has 134 valence electrons. The predicted molar refractivity (Wildman–Crippen MR) is 90.6 cm³/mol.